The molecule has 0 bridgehead atoms. The Morgan fingerprint density at radius 3 is 2.70 bits per heavy atom. The van der Waals surface area contributed by atoms with E-state index in [2.05, 4.69) is 29.0 Å². The van der Waals surface area contributed by atoms with Crippen molar-refractivity contribution in [3.63, 3.8) is 0 Å². The molecule has 100 valence electrons. The van der Waals surface area contributed by atoms with Crippen LogP contribution in [0.1, 0.15) is 12.5 Å². The normalized spacial score (nSPS) is 12.6. The molecule has 0 saturated heterocycles. The van der Waals surface area contributed by atoms with E-state index in [1.165, 1.54) is 0 Å². The van der Waals surface area contributed by atoms with Crippen LogP contribution in [0.5, 0.6) is 0 Å². The van der Waals surface area contributed by atoms with Crippen LogP contribution < -0.4 is 15.8 Å². The summed E-state index contributed by atoms with van der Waals surface area (Å²) in [5.74, 6) is 0.434. The first kappa shape index (κ1) is 12.3. The van der Waals surface area contributed by atoms with Crippen molar-refractivity contribution in [3.8, 4) is 0 Å². The van der Waals surface area contributed by atoms with Crippen LogP contribution in [-0.2, 0) is 0 Å². The fourth-order valence-electron chi connectivity index (χ4n) is 2.16. The van der Waals surface area contributed by atoms with Gasteiger partial charge in [-0.1, -0.05) is 18.2 Å². The predicted octanol–water partition coefficient (Wildman–Crippen LogP) is 3.91. The lowest BCUT2D eigenvalue weighted by Crippen LogP contribution is -2.26. The maximum absolute atomic E-state index is 7.46. The van der Waals surface area contributed by atoms with E-state index in [0.29, 0.717) is 5.84 Å². The van der Waals surface area contributed by atoms with Gasteiger partial charge in [0.2, 0.25) is 0 Å². The van der Waals surface area contributed by atoms with Gasteiger partial charge in [-0.25, -0.2) is 0 Å². The Morgan fingerprint density at radius 1 is 1.15 bits per heavy atom. The molecule has 1 aliphatic heterocycles. The standard InChI is InChI=1S/C16H16N4/c1-12(17)18-14-7-8-16-13(11-14)9-10-20(19-16)15-5-3-2-4-6-15/h2-11,19H,1H3,(H2,17,18). The number of benzene rings is 2. The molecular weight excluding hydrogens is 248 g/mol. The molecule has 0 aromatic heterocycles. The SMILES string of the molecule is CC(=N)Nc1ccc2c(c1)C=CN(c1ccccc1)N2. The Morgan fingerprint density at radius 2 is 1.95 bits per heavy atom. The van der Waals surface area contributed by atoms with E-state index in [0.717, 1.165) is 22.6 Å². The van der Waals surface area contributed by atoms with Crippen LogP contribution in [0.2, 0.25) is 0 Å². The zero-order valence-corrected chi connectivity index (χ0v) is 11.2. The van der Waals surface area contributed by atoms with Crippen molar-refractivity contribution in [1.82, 2.24) is 0 Å². The van der Waals surface area contributed by atoms with E-state index < -0.39 is 0 Å². The van der Waals surface area contributed by atoms with Crippen LogP contribution in [0.25, 0.3) is 6.08 Å². The van der Waals surface area contributed by atoms with Gasteiger partial charge in [-0.05, 0) is 43.3 Å². The molecule has 0 saturated carbocycles. The molecule has 0 radical (unpaired) electrons. The number of amidine groups is 1. The largest absolute Gasteiger partial charge is 0.344 e. The molecule has 4 nitrogen and oxygen atoms in total. The minimum atomic E-state index is 0.434. The van der Waals surface area contributed by atoms with Gasteiger partial charge in [-0.2, -0.15) is 0 Å². The highest BCUT2D eigenvalue weighted by Crippen LogP contribution is 2.28. The molecule has 0 amide bonds. The van der Waals surface area contributed by atoms with Gasteiger partial charge in [0.1, 0.15) is 0 Å². The van der Waals surface area contributed by atoms with Crippen LogP contribution in [0.3, 0.4) is 0 Å². The van der Waals surface area contributed by atoms with Gasteiger partial charge in [0.05, 0.1) is 17.2 Å². The summed E-state index contributed by atoms with van der Waals surface area (Å²) in [5, 5.41) is 12.5. The second kappa shape index (κ2) is 5.09. The lowest BCUT2D eigenvalue weighted by atomic mass is 10.1. The minimum Gasteiger partial charge on any atom is -0.344 e. The number of hydrogen-bond acceptors (Lipinski definition) is 3. The number of rotatable bonds is 2. The maximum Gasteiger partial charge on any atom is 0.0944 e. The molecule has 1 heterocycles. The highest BCUT2D eigenvalue weighted by molar-refractivity contribution is 5.92. The van der Waals surface area contributed by atoms with Gasteiger partial charge in [0.25, 0.3) is 0 Å². The molecule has 0 unspecified atom stereocenters. The summed E-state index contributed by atoms with van der Waals surface area (Å²) in [6.07, 6.45) is 4.06. The van der Waals surface area contributed by atoms with Crippen LogP contribution in [0.15, 0.2) is 54.7 Å². The second-order valence-corrected chi connectivity index (χ2v) is 4.69. The van der Waals surface area contributed by atoms with Crippen molar-refractivity contribution in [2.45, 2.75) is 6.92 Å². The summed E-state index contributed by atoms with van der Waals surface area (Å²) >= 11 is 0. The molecular formula is C16H16N4. The molecule has 3 rings (SSSR count). The molecule has 0 spiro atoms. The van der Waals surface area contributed by atoms with E-state index >= 15 is 0 Å². The highest BCUT2D eigenvalue weighted by Gasteiger charge is 2.11. The summed E-state index contributed by atoms with van der Waals surface area (Å²) in [5.41, 5.74) is 7.52. The van der Waals surface area contributed by atoms with Crippen molar-refractivity contribution in [3.05, 3.63) is 60.3 Å². The van der Waals surface area contributed by atoms with Crippen molar-refractivity contribution in [1.29, 1.82) is 5.41 Å². The fourth-order valence-corrected chi connectivity index (χ4v) is 2.16. The number of hydrazine groups is 1. The molecule has 3 N–H and O–H groups in total. The third kappa shape index (κ3) is 2.49. The number of nitrogens with one attached hydrogen (secondary N) is 3. The highest BCUT2D eigenvalue weighted by atomic mass is 15.5. The predicted molar refractivity (Wildman–Crippen MR) is 85.0 cm³/mol. The Balaban J connectivity index is 1.85. The molecule has 0 fully saturated rings. The quantitative estimate of drug-likeness (QED) is 0.569. The molecule has 0 atom stereocenters. The summed E-state index contributed by atoms with van der Waals surface area (Å²) in [6.45, 7) is 1.73. The van der Waals surface area contributed by atoms with E-state index in [-0.39, 0.29) is 0 Å². The smallest absolute Gasteiger partial charge is 0.0944 e. The number of nitrogens with zero attached hydrogens (tertiary/aromatic N) is 1. The first-order valence-corrected chi connectivity index (χ1v) is 6.48. The average Bonchev–Trinajstić information content (AvgIpc) is 2.47. The van der Waals surface area contributed by atoms with E-state index in [1.807, 2.05) is 47.6 Å². The first-order valence-electron chi connectivity index (χ1n) is 6.48. The van der Waals surface area contributed by atoms with E-state index in [4.69, 9.17) is 5.41 Å². The Kier molecular flexibility index (Phi) is 3.13. The van der Waals surface area contributed by atoms with Gasteiger partial charge in [-0.15, -0.1) is 0 Å². The number of hydrogen-bond donors (Lipinski definition) is 3. The van der Waals surface area contributed by atoms with Gasteiger partial charge in [0, 0.05) is 17.5 Å². The van der Waals surface area contributed by atoms with Gasteiger partial charge in [-0.3, -0.25) is 15.8 Å². The van der Waals surface area contributed by atoms with Crippen LogP contribution >= 0.6 is 0 Å². The monoisotopic (exact) mass is 264 g/mol. The Hall–Kier alpha value is -2.75. The van der Waals surface area contributed by atoms with Crippen LogP contribution in [0.4, 0.5) is 17.1 Å². The van der Waals surface area contributed by atoms with Gasteiger partial charge >= 0.3 is 0 Å². The average molecular weight is 264 g/mol. The van der Waals surface area contributed by atoms with Crippen LogP contribution in [0, 0.1) is 5.41 Å². The third-order valence-electron chi connectivity index (χ3n) is 3.06. The van der Waals surface area contributed by atoms with Crippen molar-refractivity contribution in [2.24, 2.45) is 0 Å². The molecule has 20 heavy (non-hydrogen) atoms. The first-order chi connectivity index (χ1) is 9.72. The summed E-state index contributed by atoms with van der Waals surface area (Å²) in [4.78, 5) is 0. The Labute approximate surface area is 118 Å². The maximum atomic E-state index is 7.46. The lowest BCUT2D eigenvalue weighted by molar-refractivity contribution is 1.15. The van der Waals surface area contributed by atoms with Gasteiger partial charge in [0.15, 0.2) is 0 Å². The molecule has 2 aromatic rings. The van der Waals surface area contributed by atoms with E-state index in [1.54, 1.807) is 6.92 Å². The zero-order valence-electron chi connectivity index (χ0n) is 11.2. The Bertz CT molecular complexity index is 661. The summed E-state index contributed by atoms with van der Waals surface area (Å²) < 4.78 is 0. The van der Waals surface area contributed by atoms with Crippen molar-refractivity contribution < 1.29 is 0 Å². The van der Waals surface area contributed by atoms with Crippen molar-refractivity contribution in [2.75, 3.05) is 15.8 Å². The molecule has 1 aliphatic rings. The van der Waals surface area contributed by atoms with E-state index in [9.17, 15) is 0 Å². The second-order valence-electron chi connectivity index (χ2n) is 4.69. The number of anilines is 3. The number of fused-ring (bicyclic) bond motifs is 1. The molecule has 4 heteroatoms. The fraction of sp³-hybridized carbons (Fsp3) is 0.0625. The zero-order chi connectivity index (χ0) is 13.9. The topological polar surface area (TPSA) is 51.2 Å². The van der Waals surface area contributed by atoms with Crippen LogP contribution in [-0.4, -0.2) is 5.84 Å². The summed E-state index contributed by atoms with van der Waals surface area (Å²) in [7, 11) is 0. The minimum absolute atomic E-state index is 0.434. The molecule has 2 aromatic carbocycles. The third-order valence-corrected chi connectivity index (χ3v) is 3.06. The van der Waals surface area contributed by atoms with Crippen molar-refractivity contribution >= 4 is 29.0 Å². The number of para-hydroxylation sites is 1. The summed E-state index contributed by atoms with van der Waals surface area (Å²) in [6, 6.07) is 16.1. The lowest BCUT2D eigenvalue weighted by Gasteiger charge is -2.27. The molecule has 0 aliphatic carbocycles. The van der Waals surface area contributed by atoms with Gasteiger partial charge < -0.3 is 5.32 Å².